The fourth-order valence-corrected chi connectivity index (χ4v) is 4.12. The summed E-state index contributed by atoms with van der Waals surface area (Å²) < 4.78 is 14.2. The van der Waals surface area contributed by atoms with E-state index in [9.17, 15) is 4.39 Å². The molecule has 1 atom stereocenters. The molecule has 0 radical (unpaired) electrons. The van der Waals surface area contributed by atoms with E-state index in [0.29, 0.717) is 10.5 Å². The van der Waals surface area contributed by atoms with E-state index in [1.165, 1.54) is 11.8 Å². The minimum atomic E-state index is -0.309. The lowest BCUT2D eigenvalue weighted by Crippen LogP contribution is -2.44. The molecule has 2 N–H and O–H groups in total. The Bertz CT molecular complexity index is 975. The molecule has 2 aromatic rings. The molecule has 2 fully saturated rings. The molecule has 0 aliphatic carbocycles. The first kappa shape index (κ1) is 21.5. The molecule has 2 saturated heterocycles. The Morgan fingerprint density at radius 1 is 1.16 bits per heavy atom. The summed E-state index contributed by atoms with van der Waals surface area (Å²) in [6.07, 6.45) is 1.62. The lowest BCUT2D eigenvalue weighted by Gasteiger charge is -2.34. The summed E-state index contributed by atoms with van der Waals surface area (Å²) in [6.45, 7) is 7.92. The summed E-state index contributed by atoms with van der Waals surface area (Å²) in [4.78, 5) is 13.9. The van der Waals surface area contributed by atoms with Gasteiger partial charge in [0.05, 0.1) is 30.2 Å². The molecule has 2 heterocycles. The van der Waals surface area contributed by atoms with Gasteiger partial charge in [0, 0.05) is 42.3 Å². The lowest BCUT2D eigenvalue weighted by molar-refractivity contribution is 0.313. The molecule has 2 aromatic carbocycles. The largest absolute Gasteiger partial charge is 0.369 e. The number of aliphatic imine (C=N–C) groups is 2. The van der Waals surface area contributed by atoms with Crippen molar-refractivity contribution in [3.05, 3.63) is 71.3 Å². The fraction of sp³-hybridized carbons (Fsp3) is 0.304. The summed E-state index contributed by atoms with van der Waals surface area (Å²) >= 11 is 4.38. The normalized spacial score (nSPS) is 22.2. The van der Waals surface area contributed by atoms with Crippen molar-refractivity contribution in [2.75, 3.05) is 38.1 Å². The van der Waals surface area contributed by atoms with Crippen molar-refractivity contribution >= 4 is 30.7 Å². The van der Waals surface area contributed by atoms with Crippen molar-refractivity contribution in [2.45, 2.75) is 17.5 Å². The second-order valence-corrected chi connectivity index (χ2v) is 8.23. The summed E-state index contributed by atoms with van der Waals surface area (Å²) in [7, 11) is 2.15. The first-order chi connectivity index (χ1) is 15.1. The number of nitrogens with one attached hydrogen (secondary N) is 2. The summed E-state index contributed by atoms with van der Waals surface area (Å²) in [6, 6.07) is 13.2. The van der Waals surface area contributed by atoms with Gasteiger partial charge in [-0.3, -0.25) is 9.98 Å². The average molecular weight is 439 g/mol. The van der Waals surface area contributed by atoms with E-state index in [-0.39, 0.29) is 18.4 Å². The van der Waals surface area contributed by atoms with Gasteiger partial charge >= 0.3 is 0 Å². The van der Waals surface area contributed by atoms with Crippen LogP contribution in [0.4, 0.5) is 10.1 Å². The van der Waals surface area contributed by atoms with Crippen LogP contribution in [0.25, 0.3) is 0 Å². The SMILES string of the molecule is C=N/C=C1/NNC(c2ccc(N3CCN(C)CC3)cc2)C1=NCc1c(F)cccc1S. The number of hydrazine groups is 1. The number of halogens is 1. The van der Waals surface area contributed by atoms with Crippen molar-refractivity contribution in [1.29, 1.82) is 0 Å². The molecule has 0 spiro atoms. The predicted octanol–water partition coefficient (Wildman–Crippen LogP) is 3.20. The zero-order chi connectivity index (χ0) is 21.8. The summed E-state index contributed by atoms with van der Waals surface area (Å²) in [5.74, 6) is -0.309. The molecule has 2 aliphatic rings. The van der Waals surface area contributed by atoms with Gasteiger partial charge in [0.25, 0.3) is 0 Å². The molecule has 0 aromatic heterocycles. The van der Waals surface area contributed by atoms with Crippen molar-refractivity contribution in [2.24, 2.45) is 9.98 Å². The molecule has 1 unspecified atom stereocenters. The summed E-state index contributed by atoms with van der Waals surface area (Å²) in [5, 5.41) is 0. The molecule has 0 amide bonds. The van der Waals surface area contributed by atoms with Gasteiger partial charge in [-0.15, -0.1) is 12.6 Å². The molecule has 4 rings (SSSR count). The van der Waals surface area contributed by atoms with Crippen LogP contribution in [-0.2, 0) is 6.54 Å². The molecule has 2 aliphatic heterocycles. The van der Waals surface area contributed by atoms with Gasteiger partial charge in [-0.1, -0.05) is 18.2 Å². The highest BCUT2D eigenvalue weighted by molar-refractivity contribution is 7.80. The zero-order valence-corrected chi connectivity index (χ0v) is 18.4. The van der Waals surface area contributed by atoms with Crippen LogP contribution in [0.5, 0.6) is 0 Å². The van der Waals surface area contributed by atoms with Crippen molar-refractivity contribution in [3.63, 3.8) is 0 Å². The molecule has 31 heavy (non-hydrogen) atoms. The highest BCUT2D eigenvalue weighted by Gasteiger charge is 2.28. The van der Waals surface area contributed by atoms with Gasteiger partial charge in [0.15, 0.2) is 0 Å². The Kier molecular flexibility index (Phi) is 6.70. The van der Waals surface area contributed by atoms with Crippen LogP contribution >= 0.6 is 12.6 Å². The van der Waals surface area contributed by atoms with Gasteiger partial charge < -0.3 is 15.2 Å². The third-order valence-electron chi connectivity index (χ3n) is 5.72. The minimum Gasteiger partial charge on any atom is -0.369 e. The van der Waals surface area contributed by atoms with E-state index in [2.05, 4.69) is 76.3 Å². The molecule has 0 saturated carbocycles. The third-order valence-corrected chi connectivity index (χ3v) is 6.14. The number of piperazine rings is 1. The maximum atomic E-state index is 14.2. The van der Waals surface area contributed by atoms with Gasteiger partial charge in [-0.2, -0.15) is 0 Å². The maximum Gasteiger partial charge on any atom is 0.129 e. The number of hydrogen-bond acceptors (Lipinski definition) is 7. The third kappa shape index (κ3) is 4.81. The molecule has 8 heteroatoms. The van der Waals surface area contributed by atoms with Crippen LogP contribution in [0.15, 0.2) is 69.2 Å². The minimum absolute atomic E-state index is 0.176. The van der Waals surface area contributed by atoms with E-state index in [1.807, 2.05) is 0 Å². The van der Waals surface area contributed by atoms with E-state index in [1.54, 1.807) is 18.3 Å². The van der Waals surface area contributed by atoms with Crippen LogP contribution in [0.3, 0.4) is 0 Å². The second-order valence-electron chi connectivity index (χ2n) is 7.75. The predicted molar refractivity (Wildman–Crippen MR) is 128 cm³/mol. The van der Waals surface area contributed by atoms with Crippen LogP contribution < -0.4 is 15.8 Å². The van der Waals surface area contributed by atoms with E-state index in [4.69, 9.17) is 4.99 Å². The molecule has 0 bridgehead atoms. The Morgan fingerprint density at radius 3 is 2.58 bits per heavy atom. The van der Waals surface area contributed by atoms with E-state index < -0.39 is 0 Å². The van der Waals surface area contributed by atoms with Gasteiger partial charge in [-0.05, 0) is 43.6 Å². The molecule has 6 nitrogen and oxygen atoms in total. The van der Waals surface area contributed by atoms with Gasteiger partial charge in [0.2, 0.25) is 0 Å². The topological polar surface area (TPSA) is 55.3 Å². The zero-order valence-electron chi connectivity index (χ0n) is 17.6. The molecule has 162 valence electrons. The van der Waals surface area contributed by atoms with E-state index >= 15 is 0 Å². The van der Waals surface area contributed by atoms with Crippen molar-refractivity contribution in [1.82, 2.24) is 15.8 Å². The number of rotatable bonds is 5. The van der Waals surface area contributed by atoms with Gasteiger partial charge in [0.1, 0.15) is 5.82 Å². The Morgan fingerprint density at radius 2 is 1.90 bits per heavy atom. The number of thiol groups is 1. The number of nitrogens with zero attached hydrogens (tertiary/aromatic N) is 4. The standard InChI is InChI=1S/C23H27FN6S/c1-25-15-20-23(26-14-18-19(24)4-3-5-21(18)31)22(28-27-20)16-6-8-17(9-7-16)30-12-10-29(2)11-13-30/h3-9,15,22,27-28,31H,1,10-14H2,2H3/b20-15+,26-23?. The highest BCUT2D eigenvalue weighted by atomic mass is 32.1. The van der Waals surface area contributed by atoms with Crippen LogP contribution in [0.1, 0.15) is 17.2 Å². The van der Waals surface area contributed by atoms with Crippen LogP contribution in [0, 0.1) is 5.82 Å². The quantitative estimate of drug-likeness (QED) is 0.496. The summed E-state index contributed by atoms with van der Waals surface area (Å²) in [5.41, 5.74) is 10.6. The second kappa shape index (κ2) is 9.64. The lowest BCUT2D eigenvalue weighted by atomic mass is 10.0. The molecular formula is C23H27FN6S. The number of likely N-dealkylation sites (N-methyl/N-ethyl adjacent to an activating group) is 1. The Hall–Kier alpha value is -2.68. The van der Waals surface area contributed by atoms with Gasteiger partial charge in [-0.25, -0.2) is 9.82 Å². The van der Waals surface area contributed by atoms with Crippen LogP contribution in [0.2, 0.25) is 0 Å². The number of benzene rings is 2. The smallest absolute Gasteiger partial charge is 0.129 e. The Labute approximate surface area is 188 Å². The first-order valence-corrected chi connectivity index (χ1v) is 10.7. The van der Waals surface area contributed by atoms with Crippen molar-refractivity contribution < 1.29 is 4.39 Å². The average Bonchev–Trinajstić information content (AvgIpc) is 3.17. The first-order valence-electron chi connectivity index (χ1n) is 10.3. The van der Waals surface area contributed by atoms with Crippen molar-refractivity contribution in [3.8, 4) is 0 Å². The van der Waals surface area contributed by atoms with E-state index in [0.717, 1.165) is 43.2 Å². The maximum absolute atomic E-state index is 14.2. The number of hydrogen-bond donors (Lipinski definition) is 3. The van der Waals surface area contributed by atoms with Crippen LogP contribution in [-0.4, -0.2) is 50.6 Å². The fourth-order valence-electron chi connectivity index (χ4n) is 3.86. The monoisotopic (exact) mass is 438 g/mol. The molecular weight excluding hydrogens is 411 g/mol. The Balaban J connectivity index is 1.57. The highest BCUT2D eigenvalue weighted by Crippen LogP contribution is 2.27. The number of anilines is 1.